The van der Waals surface area contributed by atoms with Crippen LogP contribution in [0, 0.1) is 5.41 Å². The topological polar surface area (TPSA) is 89.3 Å². The van der Waals surface area contributed by atoms with E-state index in [0.717, 1.165) is 18.4 Å². The summed E-state index contributed by atoms with van der Waals surface area (Å²) in [5.74, 6) is 0.0107. The summed E-state index contributed by atoms with van der Waals surface area (Å²) < 4.78 is 22.7. The molecule has 1 aliphatic rings. The maximum absolute atomic E-state index is 11.9. The van der Waals surface area contributed by atoms with E-state index in [1.165, 1.54) is 6.26 Å². The maximum atomic E-state index is 11.9. The Kier molecular flexibility index (Phi) is 4.68. The molecule has 1 fully saturated rings. The van der Waals surface area contributed by atoms with Gasteiger partial charge in [0.15, 0.2) is 0 Å². The first-order valence-electron chi connectivity index (χ1n) is 7.05. The molecule has 0 bridgehead atoms. The highest BCUT2D eigenvalue weighted by Crippen LogP contribution is 2.46. The number of nitrogens with one attached hydrogen (secondary N) is 1. The Morgan fingerprint density at radius 2 is 1.95 bits per heavy atom. The fourth-order valence-electron chi connectivity index (χ4n) is 2.48. The molecule has 21 heavy (non-hydrogen) atoms. The molecule has 5 nitrogen and oxygen atoms in total. The van der Waals surface area contributed by atoms with E-state index in [1.807, 2.05) is 30.3 Å². The molecule has 1 amide bonds. The van der Waals surface area contributed by atoms with Gasteiger partial charge in [-0.2, -0.15) is 0 Å². The van der Waals surface area contributed by atoms with Crippen molar-refractivity contribution in [3.8, 4) is 0 Å². The second kappa shape index (κ2) is 6.15. The maximum Gasteiger partial charge on any atom is 0.221 e. The van der Waals surface area contributed by atoms with Crippen LogP contribution in [0.25, 0.3) is 0 Å². The quantitative estimate of drug-likeness (QED) is 0.787. The first-order valence-corrected chi connectivity index (χ1v) is 9.11. The van der Waals surface area contributed by atoms with Gasteiger partial charge in [0.05, 0.1) is 5.75 Å². The van der Waals surface area contributed by atoms with E-state index >= 15 is 0 Å². The average Bonchev–Trinajstić information content (AvgIpc) is 3.15. The number of rotatable bonds is 7. The van der Waals surface area contributed by atoms with Gasteiger partial charge in [-0.05, 0) is 18.4 Å². The number of carbonyl (C=O) groups excluding carboxylic acids is 1. The summed E-state index contributed by atoms with van der Waals surface area (Å²) in [5, 5.41) is 2.83. The van der Waals surface area contributed by atoms with Crippen molar-refractivity contribution >= 4 is 15.7 Å². The monoisotopic (exact) mass is 310 g/mol. The van der Waals surface area contributed by atoms with Gasteiger partial charge in [0.2, 0.25) is 5.91 Å². The van der Waals surface area contributed by atoms with Gasteiger partial charge in [-0.15, -0.1) is 0 Å². The fraction of sp³-hybridized carbons (Fsp3) is 0.533. The van der Waals surface area contributed by atoms with Gasteiger partial charge in [0.1, 0.15) is 9.84 Å². The summed E-state index contributed by atoms with van der Waals surface area (Å²) in [6.45, 7) is 0.417. The minimum absolute atomic E-state index is 0.133. The van der Waals surface area contributed by atoms with Crippen LogP contribution in [-0.2, 0) is 14.6 Å². The second-order valence-corrected chi connectivity index (χ2v) is 8.21. The van der Waals surface area contributed by atoms with Gasteiger partial charge >= 0.3 is 0 Å². The predicted molar refractivity (Wildman–Crippen MR) is 82.4 cm³/mol. The number of hydrogen-bond donors (Lipinski definition) is 2. The van der Waals surface area contributed by atoms with Crippen LogP contribution >= 0.6 is 0 Å². The van der Waals surface area contributed by atoms with Crippen molar-refractivity contribution < 1.29 is 13.2 Å². The lowest BCUT2D eigenvalue weighted by Crippen LogP contribution is -2.35. The zero-order valence-corrected chi connectivity index (χ0v) is 13.0. The summed E-state index contributed by atoms with van der Waals surface area (Å²) in [7, 11) is -3.01. The highest BCUT2D eigenvalue weighted by molar-refractivity contribution is 7.90. The number of nitrogens with two attached hydrogens (primary N) is 1. The largest absolute Gasteiger partial charge is 0.355 e. The van der Waals surface area contributed by atoms with E-state index in [-0.39, 0.29) is 29.5 Å². The van der Waals surface area contributed by atoms with Crippen LogP contribution in [0.4, 0.5) is 0 Å². The molecule has 6 heteroatoms. The number of amides is 1. The van der Waals surface area contributed by atoms with Gasteiger partial charge in [-0.1, -0.05) is 30.3 Å². The van der Waals surface area contributed by atoms with Crippen LogP contribution in [0.3, 0.4) is 0 Å². The van der Waals surface area contributed by atoms with E-state index in [2.05, 4.69) is 5.32 Å². The summed E-state index contributed by atoms with van der Waals surface area (Å²) in [6.07, 6.45) is 3.15. The van der Waals surface area contributed by atoms with Gasteiger partial charge in [-0.25, -0.2) is 8.42 Å². The summed E-state index contributed by atoms with van der Waals surface area (Å²) in [6, 6.07) is 9.12. The van der Waals surface area contributed by atoms with Crippen LogP contribution in [0.5, 0.6) is 0 Å². The molecular weight excluding hydrogens is 288 g/mol. The molecule has 0 saturated heterocycles. The van der Waals surface area contributed by atoms with Crippen molar-refractivity contribution in [3.63, 3.8) is 0 Å². The second-order valence-electron chi connectivity index (χ2n) is 6.07. The zero-order valence-electron chi connectivity index (χ0n) is 12.2. The Morgan fingerprint density at radius 3 is 2.48 bits per heavy atom. The molecule has 1 aromatic rings. The van der Waals surface area contributed by atoms with E-state index in [4.69, 9.17) is 5.73 Å². The molecule has 2 rings (SSSR count). The fourth-order valence-corrected chi connectivity index (χ4v) is 3.98. The lowest BCUT2D eigenvalue weighted by molar-refractivity contribution is -0.121. The molecule has 0 spiro atoms. The summed E-state index contributed by atoms with van der Waals surface area (Å²) in [5.41, 5.74) is 6.67. The Labute approximate surface area is 125 Å². The minimum Gasteiger partial charge on any atom is -0.355 e. The summed E-state index contributed by atoms with van der Waals surface area (Å²) in [4.78, 5) is 11.9. The van der Waals surface area contributed by atoms with Gasteiger partial charge in [0, 0.05) is 30.7 Å². The van der Waals surface area contributed by atoms with Crippen molar-refractivity contribution in [2.24, 2.45) is 11.1 Å². The third-order valence-electron chi connectivity index (χ3n) is 3.82. The van der Waals surface area contributed by atoms with Crippen molar-refractivity contribution in [1.82, 2.24) is 5.32 Å². The molecule has 0 radical (unpaired) electrons. The summed E-state index contributed by atoms with van der Waals surface area (Å²) >= 11 is 0. The standard InChI is InChI=1S/C15H22N2O3S/c1-21(19,20)11-15(7-8-15)10-17-14(18)9-13(16)12-5-3-2-4-6-12/h2-6,13H,7-11,16H2,1H3,(H,17,18). The Hall–Kier alpha value is -1.40. The predicted octanol–water partition coefficient (Wildman–Crippen LogP) is 1.02. The number of hydrogen-bond acceptors (Lipinski definition) is 4. The van der Waals surface area contributed by atoms with Crippen LogP contribution in [-0.4, -0.2) is 32.9 Å². The molecule has 1 atom stereocenters. The van der Waals surface area contributed by atoms with E-state index in [9.17, 15) is 13.2 Å². The third-order valence-corrected chi connectivity index (χ3v) is 4.96. The number of sulfone groups is 1. The zero-order chi connectivity index (χ0) is 15.5. The third kappa shape index (κ3) is 5.13. The van der Waals surface area contributed by atoms with E-state index in [1.54, 1.807) is 0 Å². The molecule has 116 valence electrons. The molecule has 0 aliphatic heterocycles. The van der Waals surface area contributed by atoms with Crippen molar-refractivity contribution in [2.75, 3.05) is 18.6 Å². The SMILES string of the molecule is CS(=O)(=O)CC1(CNC(=O)CC(N)c2ccccc2)CC1. The normalized spacial score (nSPS) is 18.0. The van der Waals surface area contributed by atoms with Crippen LogP contribution in [0.2, 0.25) is 0 Å². The molecular formula is C15H22N2O3S. The molecule has 1 aliphatic carbocycles. The van der Waals surface area contributed by atoms with Crippen molar-refractivity contribution in [2.45, 2.75) is 25.3 Å². The van der Waals surface area contributed by atoms with Gasteiger partial charge in [0.25, 0.3) is 0 Å². The van der Waals surface area contributed by atoms with Gasteiger partial charge < -0.3 is 11.1 Å². The smallest absolute Gasteiger partial charge is 0.221 e. The van der Waals surface area contributed by atoms with Gasteiger partial charge in [-0.3, -0.25) is 4.79 Å². The molecule has 1 saturated carbocycles. The lowest BCUT2D eigenvalue weighted by Gasteiger charge is -2.16. The van der Waals surface area contributed by atoms with Crippen molar-refractivity contribution in [3.05, 3.63) is 35.9 Å². The molecule has 1 unspecified atom stereocenters. The number of carbonyl (C=O) groups is 1. The van der Waals surface area contributed by atoms with Crippen LogP contribution in [0.15, 0.2) is 30.3 Å². The molecule has 1 aromatic carbocycles. The minimum atomic E-state index is -3.01. The molecule has 3 N–H and O–H groups in total. The van der Waals surface area contributed by atoms with Crippen LogP contribution in [0.1, 0.15) is 30.9 Å². The molecule has 0 heterocycles. The first kappa shape index (κ1) is 16.0. The average molecular weight is 310 g/mol. The Balaban J connectivity index is 1.80. The highest BCUT2D eigenvalue weighted by atomic mass is 32.2. The molecule has 0 aromatic heterocycles. The van der Waals surface area contributed by atoms with Crippen molar-refractivity contribution in [1.29, 1.82) is 0 Å². The first-order chi connectivity index (χ1) is 9.80. The van der Waals surface area contributed by atoms with Crippen LogP contribution < -0.4 is 11.1 Å². The lowest BCUT2D eigenvalue weighted by atomic mass is 10.0. The Bertz CT molecular complexity index is 595. The highest BCUT2D eigenvalue weighted by Gasteiger charge is 2.45. The van der Waals surface area contributed by atoms with E-state index in [0.29, 0.717) is 6.54 Å². The van der Waals surface area contributed by atoms with E-state index < -0.39 is 9.84 Å². The Morgan fingerprint density at radius 1 is 1.33 bits per heavy atom. The number of benzene rings is 1.